The quantitative estimate of drug-likeness (QED) is 0.430. The molecule has 0 spiro atoms. The van der Waals surface area contributed by atoms with E-state index in [0.717, 1.165) is 0 Å². The summed E-state index contributed by atoms with van der Waals surface area (Å²) >= 11 is 1.80. The standard InChI is InChI=1S/C9H12IN2O5P/c10-3-1-12(9(16)11-7(3)15)8-6(18)5(14)4(2-13)17-8/h1,4-6,8,13-14H,2,18H2,(H,11,15,16)/t4-,5+,6?,8-/m1/s1. The summed E-state index contributed by atoms with van der Waals surface area (Å²) in [6.07, 6.45) is -0.994. The summed E-state index contributed by atoms with van der Waals surface area (Å²) in [5, 5.41) is 18.9. The second-order valence-electron chi connectivity index (χ2n) is 3.96. The molecule has 100 valence electrons. The average molecular weight is 386 g/mol. The van der Waals surface area contributed by atoms with Crippen LogP contribution in [0.15, 0.2) is 15.8 Å². The predicted octanol–water partition coefficient (Wildman–Crippen LogP) is -1.36. The van der Waals surface area contributed by atoms with Crippen LogP contribution < -0.4 is 11.2 Å². The number of aromatic amines is 1. The molecule has 1 aromatic rings. The Hall–Kier alpha value is -0.280. The van der Waals surface area contributed by atoms with Crippen molar-refractivity contribution in [2.45, 2.75) is 24.1 Å². The molecule has 1 saturated heterocycles. The van der Waals surface area contributed by atoms with E-state index in [1.165, 1.54) is 10.8 Å². The lowest BCUT2D eigenvalue weighted by molar-refractivity contribution is -0.0458. The van der Waals surface area contributed by atoms with E-state index in [2.05, 4.69) is 14.2 Å². The topological polar surface area (TPSA) is 105 Å². The number of ether oxygens (including phenoxy) is 1. The molecule has 7 nitrogen and oxygen atoms in total. The van der Waals surface area contributed by atoms with Gasteiger partial charge in [-0.15, -0.1) is 9.24 Å². The lowest BCUT2D eigenvalue weighted by Crippen LogP contribution is -2.36. The normalized spacial score (nSPS) is 31.8. The van der Waals surface area contributed by atoms with Gasteiger partial charge in [-0.3, -0.25) is 14.3 Å². The van der Waals surface area contributed by atoms with Crippen molar-refractivity contribution in [3.05, 3.63) is 30.6 Å². The van der Waals surface area contributed by atoms with Crippen LogP contribution in [-0.4, -0.2) is 44.2 Å². The number of nitrogens with one attached hydrogen (secondary N) is 1. The van der Waals surface area contributed by atoms with Crippen LogP contribution in [0, 0.1) is 3.57 Å². The zero-order valence-corrected chi connectivity index (χ0v) is 12.4. The average Bonchev–Trinajstić information content (AvgIpc) is 2.61. The fourth-order valence-electron chi connectivity index (χ4n) is 1.82. The molecule has 5 atom stereocenters. The highest BCUT2D eigenvalue weighted by atomic mass is 127. The van der Waals surface area contributed by atoms with Gasteiger partial charge in [0.2, 0.25) is 0 Å². The number of hydrogen-bond acceptors (Lipinski definition) is 5. The summed E-state index contributed by atoms with van der Waals surface area (Å²) in [6.45, 7) is -0.336. The molecule has 0 aliphatic carbocycles. The molecule has 0 aromatic carbocycles. The minimum atomic E-state index is -0.888. The van der Waals surface area contributed by atoms with Gasteiger partial charge in [0.1, 0.15) is 12.3 Å². The summed E-state index contributed by atoms with van der Waals surface area (Å²) in [6, 6.07) is 0. The van der Waals surface area contributed by atoms with Crippen LogP contribution in [0.25, 0.3) is 0 Å². The smallest absolute Gasteiger partial charge is 0.330 e. The predicted molar refractivity (Wildman–Crippen MR) is 74.5 cm³/mol. The van der Waals surface area contributed by atoms with Gasteiger partial charge in [0.15, 0.2) is 0 Å². The molecule has 0 radical (unpaired) electrons. The SMILES string of the molecule is O=c1[nH]c(=O)n([C@@H]2O[C@H](CO)[C@H](O)C2P)cc1I. The number of aromatic nitrogens is 2. The molecular formula is C9H12IN2O5P. The number of aliphatic hydroxyl groups excluding tert-OH is 2. The van der Waals surface area contributed by atoms with Crippen molar-refractivity contribution in [2.75, 3.05) is 6.61 Å². The molecule has 0 amide bonds. The molecule has 2 heterocycles. The first kappa shape index (κ1) is 14.1. The lowest BCUT2D eigenvalue weighted by Gasteiger charge is -2.17. The van der Waals surface area contributed by atoms with Gasteiger partial charge in [0.05, 0.1) is 16.3 Å². The minimum Gasteiger partial charge on any atom is -0.394 e. The van der Waals surface area contributed by atoms with Gasteiger partial charge >= 0.3 is 5.69 Å². The Kier molecular flexibility index (Phi) is 4.22. The second-order valence-corrected chi connectivity index (χ2v) is 5.89. The molecule has 1 aliphatic heterocycles. The van der Waals surface area contributed by atoms with E-state index in [0.29, 0.717) is 3.57 Å². The van der Waals surface area contributed by atoms with Gasteiger partial charge in [0, 0.05) is 11.9 Å². The van der Waals surface area contributed by atoms with Gasteiger partial charge in [-0.2, -0.15) is 0 Å². The number of nitrogens with zero attached hydrogens (tertiary/aromatic N) is 1. The fraction of sp³-hybridized carbons (Fsp3) is 0.556. The van der Waals surface area contributed by atoms with E-state index in [1.807, 2.05) is 0 Å². The lowest BCUT2D eigenvalue weighted by atomic mass is 10.2. The summed E-state index contributed by atoms with van der Waals surface area (Å²) in [4.78, 5) is 25.1. The zero-order valence-electron chi connectivity index (χ0n) is 9.12. The third-order valence-electron chi connectivity index (χ3n) is 2.80. The van der Waals surface area contributed by atoms with Crippen molar-refractivity contribution in [3.8, 4) is 0 Å². The Bertz CT molecular complexity index is 559. The molecule has 2 unspecified atom stereocenters. The van der Waals surface area contributed by atoms with Crippen molar-refractivity contribution in [2.24, 2.45) is 0 Å². The summed E-state index contributed by atoms with van der Waals surface area (Å²) in [5.74, 6) is 0. The Morgan fingerprint density at radius 2 is 2.22 bits per heavy atom. The molecule has 2 rings (SSSR count). The second kappa shape index (κ2) is 5.38. The third-order valence-corrected chi connectivity index (χ3v) is 4.29. The number of halogens is 1. The van der Waals surface area contributed by atoms with E-state index in [-0.39, 0.29) is 6.61 Å². The maximum absolute atomic E-state index is 11.7. The number of rotatable bonds is 2. The number of hydrogen-bond donors (Lipinski definition) is 3. The highest BCUT2D eigenvalue weighted by Crippen LogP contribution is 2.33. The molecule has 3 N–H and O–H groups in total. The van der Waals surface area contributed by atoms with Crippen LogP contribution in [-0.2, 0) is 4.74 Å². The Morgan fingerprint density at radius 1 is 1.56 bits per heavy atom. The number of H-pyrrole nitrogens is 1. The molecule has 1 aliphatic rings. The van der Waals surface area contributed by atoms with Gasteiger partial charge in [0.25, 0.3) is 5.56 Å². The largest absolute Gasteiger partial charge is 0.394 e. The van der Waals surface area contributed by atoms with E-state index < -0.39 is 35.3 Å². The summed E-state index contributed by atoms with van der Waals surface area (Å²) in [7, 11) is 2.39. The Labute approximate surface area is 118 Å². The Morgan fingerprint density at radius 3 is 2.78 bits per heavy atom. The monoisotopic (exact) mass is 386 g/mol. The van der Waals surface area contributed by atoms with Crippen LogP contribution in [0.3, 0.4) is 0 Å². The van der Waals surface area contributed by atoms with Crippen LogP contribution in [0.5, 0.6) is 0 Å². The van der Waals surface area contributed by atoms with E-state index in [1.54, 1.807) is 22.6 Å². The minimum absolute atomic E-state index is 0.336. The van der Waals surface area contributed by atoms with E-state index >= 15 is 0 Å². The van der Waals surface area contributed by atoms with Crippen molar-refractivity contribution >= 4 is 31.8 Å². The molecule has 0 bridgehead atoms. The zero-order chi connectivity index (χ0) is 13.4. The maximum atomic E-state index is 11.7. The van der Waals surface area contributed by atoms with Crippen LogP contribution in [0.2, 0.25) is 0 Å². The van der Waals surface area contributed by atoms with Crippen LogP contribution >= 0.6 is 31.8 Å². The van der Waals surface area contributed by atoms with E-state index in [9.17, 15) is 14.7 Å². The highest BCUT2D eigenvalue weighted by Gasteiger charge is 2.42. The van der Waals surface area contributed by atoms with Crippen LogP contribution in [0.4, 0.5) is 0 Å². The summed E-state index contributed by atoms with van der Waals surface area (Å²) < 4.78 is 6.96. The molecule has 1 aromatic heterocycles. The van der Waals surface area contributed by atoms with Crippen molar-refractivity contribution in [3.63, 3.8) is 0 Å². The first-order valence-corrected chi connectivity index (χ1v) is 6.91. The first-order chi connectivity index (χ1) is 8.45. The summed E-state index contributed by atoms with van der Waals surface area (Å²) in [5.41, 5.74) is -1.51. The van der Waals surface area contributed by atoms with Gasteiger partial charge in [-0.05, 0) is 22.6 Å². The van der Waals surface area contributed by atoms with Crippen molar-refractivity contribution in [1.82, 2.24) is 9.55 Å². The molecule has 0 saturated carbocycles. The van der Waals surface area contributed by atoms with Gasteiger partial charge in [-0.25, -0.2) is 4.79 Å². The van der Waals surface area contributed by atoms with Crippen molar-refractivity contribution in [1.29, 1.82) is 0 Å². The first-order valence-electron chi connectivity index (χ1n) is 5.16. The third kappa shape index (κ3) is 2.39. The Balaban J connectivity index is 2.42. The van der Waals surface area contributed by atoms with Crippen molar-refractivity contribution < 1.29 is 14.9 Å². The molecule has 1 fully saturated rings. The van der Waals surface area contributed by atoms with Crippen LogP contribution in [0.1, 0.15) is 6.23 Å². The highest BCUT2D eigenvalue weighted by molar-refractivity contribution is 14.1. The maximum Gasteiger partial charge on any atom is 0.330 e. The molecular weight excluding hydrogens is 374 g/mol. The van der Waals surface area contributed by atoms with Gasteiger partial charge in [-0.1, -0.05) is 0 Å². The van der Waals surface area contributed by atoms with Gasteiger partial charge < -0.3 is 14.9 Å². The number of aliphatic hydroxyl groups is 2. The molecule has 18 heavy (non-hydrogen) atoms. The molecule has 9 heteroatoms. The fourth-order valence-corrected chi connectivity index (χ4v) is 2.78. The van der Waals surface area contributed by atoms with E-state index in [4.69, 9.17) is 9.84 Å².